The van der Waals surface area contributed by atoms with E-state index in [4.69, 9.17) is 5.73 Å². The van der Waals surface area contributed by atoms with Crippen LogP contribution in [-0.4, -0.2) is 79.2 Å². The van der Waals surface area contributed by atoms with E-state index in [9.17, 15) is 23.6 Å². The summed E-state index contributed by atoms with van der Waals surface area (Å²) in [6.07, 6.45) is 2.45. The number of H-pyrrole nitrogens is 1. The van der Waals surface area contributed by atoms with E-state index in [0.717, 1.165) is 19.6 Å². The van der Waals surface area contributed by atoms with Crippen molar-refractivity contribution in [3.63, 3.8) is 0 Å². The average molecular weight is 541 g/mol. The van der Waals surface area contributed by atoms with E-state index in [1.54, 1.807) is 19.9 Å². The molecular formula is C28H37FN6O4. The van der Waals surface area contributed by atoms with Crippen LogP contribution in [0.1, 0.15) is 53.1 Å². The SMILES string of the molecule is CCN(CC)CCNC(=O)c1c(C)[nH]c(/C=C2\C(=O)N(CC(=O)N[C@H](C=O)CCN)c3ccc(F)cc32)c1C. The lowest BCUT2D eigenvalue weighted by atomic mass is 10.0. The molecule has 0 spiro atoms. The first kappa shape index (κ1) is 29.7. The second-order valence-corrected chi connectivity index (χ2v) is 9.44. The Hall–Kier alpha value is -3.83. The summed E-state index contributed by atoms with van der Waals surface area (Å²) in [4.78, 5) is 56.9. The van der Waals surface area contributed by atoms with Crippen molar-refractivity contribution in [3.8, 4) is 0 Å². The van der Waals surface area contributed by atoms with Crippen LogP contribution < -0.4 is 21.3 Å². The Labute approximate surface area is 227 Å². The molecule has 0 bridgehead atoms. The normalized spacial score (nSPS) is 14.6. The van der Waals surface area contributed by atoms with Gasteiger partial charge in [0.15, 0.2) is 0 Å². The number of likely N-dealkylation sites (N-methyl/N-ethyl adjacent to an activating group) is 1. The van der Waals surface area contributed by atoms with Crippen LogP contribution in [0, 0.1) is 19.7 Å². The summed E-state index contributed by atoms with van der Waals surface area (Å²) in [5, 5.41) is 5.51. The number of hydrogen-bond acceptors (Lipinski definition) is 6. The number of nitrogens with one attached hydrogen (secondary N) is 3. The van der Waals surface area contributed by atoms with Gasteiger partial charge in [-0.2, -0.15) is 0 Å². The van der Waals surface area contributed by atoms with Gasteiger partial charge in [0.2, 0.25) is 5.91 Å². The Balaban J connectivity index is 1.87. The zero-order valence-electron chi connectivity index (χ0n) is 22.9. The number of aryl methyl sites for hydroxylation is 1. The fraction of sp³-hybridized carbons (Fsp3) is 0.429. The maximum Gasteiger partial charge on any atom is 0.259 e. The van der Waals surface area contributed by atoms with E-state index in [0.29, 0.717) is 46.6 Å². The molecule has 3 rings (SSSR count). The average Bonchev–Trinajstić information content (AvgIpc) is 3.33. The molecule has 5 N–H and O–H groups in total. The Bertz CT molecular complexity index is 1270. The van der Waals surface area contributed by atoms with Crippen molar-refractivity contribution in [2.24, 2.45) is 5.73 Å². The van der Waals surface area contributed by atoms with Gasteiger partial charge < -0.3 is 31.0 Å². The lowest BCUT2D eigenvalue weighted by Crippen LogP contribution is -2.44. The number of halogens is 1. The summed E-state index contributed by atoms with van der Waals surface area (Å²) < 4.78 is 14.2. The number of nitrogens with two attached hydrogens (primary N) is 1. The van der Waals surface area contributed by atoms with E-state index in [-0.39, 0.29) is 31.0 Å². The Morgan fingerprint density at radius 2 is 1.95 bits per heavy atom. The van der Waals surface area contributed by atoms with Crippen LogP contribution in [0.2, 0.25) is 0 Å². The minimum absolute atomic E-state index is 0.184. The molecule has 2 aromatic rings. The van der Waals surface area contributed by atoms with Crippen LogP contribution in [0.3, 0.4) is 0 Å². The highest BCUT2D eigenvalue weighted by molar-refractivity contribution is 6.36. The topological polar surface area (TPSA) is 141 Å². The van der Waals surface area contributed by atoms with E-state index < -0.39 is 23.7 Å². The fourth-order valence-electron chi connectivity index (χ4n) is 4.73. The number of nitrogens with zero attached hydrogens (tertiary/aromatic N) is 2. The van der Waals surface area contributed by atoms with Gasteiger partial charge in [0.1, 0.15) is 18.6 Å². The van der Waals surface area contributed by atoms with E-state index in [1.807, 2.05) is 0 Å². The molecular weight excluding hydrogens is 503 g/mol. The lowest BCUT2D eigenvalue weighted by molar-refractivity contribution is -0.124. The maximum absolute atomic E-state index is 14.2. The van der Waals surface area contributed by atoms with Crippen LogP contribution in [0.5, 0.6) is 0 Å². The molecule has 39 heavy (non-hydrogen) atoms. The summed E-state index contributed by atoms with van der Waals surface area (Å²) in [6, 6.07) is 3.14. The number of carbonyl (C=O) groups excluding carboxylic acids is 4. The highest BCUT2D eigenvalue weighted by Crippen LogP contribution is 2.38. The van der Waals surface area contributed by atoms with Crippen LogP contribution in [0.15, 0.2) is 18.2 Å². The molecule has 1 aromatic heterocycles. The summed E-state index contributed by atoms with van der Waals surface area (Å²) in [7, 11) is 0. The zero-order chi connectivity index (χ0) is 28.7. The molecule has 3 amide bonds. The van der Waals surface area contributed by atoms with Crippen LogP contribution in [-0.2, 0) is 14.4 Å². The van der Waals surface area contributed by atoms with Crippen molar-refractivity contribution in [1.82, 2.24) is 20.5 Å². The highest BCUT2D eigenvalue weighted by Gasteiger charge is 2.34. The molecule has 1 aliphatic rings. The van der Waals surface area contributed by atoms with Crippen LogP contribution in [0.25, 0.3) is 11.6 Å². The Morgan fingerprint density at radius 1 is 1.23 bits per heavy atom. The molecule has 1 atom stereocenters. The molecule has 210 valence electrons. The van der Waals surface area contributed by atoms with Gasteiger partial charge in [-0.05, 0) is 69.7 Å². The van der Waals surface area contributed by atoms with Crippen molar-refractivity contribution in [1.29, 1.82) is 0 Å². The van der Waals surface area contributed by atoms with Gasteiger partial charge >= 0.3 is 0 Å². The number of benzene rings is 1. The van der Waals surface area contributed by atoms with Crippen molar-refractivity contribution >= 4 is 41.3 Å². The van der Waals surface area contributed by atoms with Gasteiger partial charge in [0, 0.05) is 30.0 Å². The quantitative estimate of drug-likeness (QED) is 0.225. The van der Waals surface area contributed by atoms with E-state index in [2.05, 4.69) is 34.4 Å². The van der Waals surface area contributed by atoms with Gasteiger partial charge in [-0.25, -0.2) is 4.39 Å². The number of aromatic amines is 1. The third-order valence-corrected chi connectivity index (χ3v) is 6.91. The van der Waals surface area contributed by atoms with Crippen molar-refractivity contribution in [3.05, 3.63) is 52.1 Å². The second-order valence-electron chi connectivity index (χ2n) is 9.44. The monoisotopic (exact) mass is 540 g/mol. The molecule has 2 heterocycles. The van der Waals surface area contributed by atoms with E-state index >= 15 is 0 Å². The Morgan fingerprint density at radius 3 is 2.59 bits per heavy atom. The second kappa shape index (κ2) is 13.3. The number of aldehydes is 1. The summed E-state index contributed by atoms with van der Waals surface area (Å²) in [6.45, 7) is 10.6. The highest BCUT2D eigenvalue weighted by atomic mass is 19.1. The number of hydrogen-bond donors (Lipinski definition) is 4. The lowest BCUT2D eigenvalue weighted by Gasteiger charge is -2.18. The van der Waals surface area contributed by atoms with Gasteiger partial charge in [0.05, 0.1) is 22.9 Å². The molecule has 11 heteroatoms. The number of amides is 3. The van der Waals surface area contributed by atoms with Gasteiger partial charge in [-0.3, -0.25) is 19.3 Å². The Kier molecular flexibility index (Phi) is 10.1. The summed E-state index contributed by atoms with van der Waals surface area (Å²) in [5.41, 5.74) is 8.68. The molecule has 0 saturated carbocycles. The summed E-state index contributed by atoms with van der Waals surface area (Å²) in [5.74, 6) is -1.79. The maximum atomic E-state index is 14.2. The van der Waals surface area contributed by atoms with Crippen LogP contribution >= 0.6 is 0 Å². The van der Waals surface area contributed by atoms with Crippen molar-refractivity contribution in [2.75, 3.05) is 44.2 Å². The fourth-order valence-corrected chi connectivity index (χ4v) is 4.73. The third-order valence-electron chi connectivity index (χ3n) is 6.91. The molecule has 0 aliphatic carbocycles. The number of fused-ring (bicyclic) bond motifs is 1. The number of aromatic nitrogens is 1. The smallest absolute Gasteiger partial charge is 0.259 e. The first-order valence-corrected chi connectivity index (χ1v) is 13.1. The first-order chi connectivity index (χ1) is 18.6. The largest absolute Gasteiger partial charge is 0.358 e. The molecule has 10 nitrogen and oxygen atoms in total. The van der Waals surface area contributed by atoms with E-state index in [1.165, 1.54) is 23.1 Å². The predicted octanol–water partition coefficient (Wildman–Crippen LogP) is 1.76. The standard InChI is InChI=1S/C28H37FN6O4/c1-5-34(6-2)12-11-31-27(38)26-17(3)23(32-18(26)4)14-22-21-13-19(29)7-8-24(21)35(28(22)39)15-25(37)33-20(16-36)9-10-30/h7-8,13-14,16,20,32H,5-6,9-12,15,30H2,1-4H3,(H,31,38)(H,33,37)/b22-14-/t20-/m0/s1. The zero-order valence-corrected chi connectivity index (χ0v) is 22.9. The van der Waals surface area contributed by atoms with Crippen molar-refractivity contribution < 1.29 is 23.6 Å². The molecule has 0 unspecified atom stereocenters. The predicted molar refractivity (Wildman–Crippen MR) is 149 cm³/mol. The molecule has 1 aliphatic heterocycles. The minimum atomic E-state index is -0.760. The number of rotatable bonds is 13. The molecule has 1 aromatic carbocycles. The van der Waals surface area contributed by atoms with Gasteiger partial charge in [-0.1, -0.05) is 13.8 Å². The molecule has 0 radical (unpaired) electrons. The first-order valence-electron chi connectivity index (χ1n) is 13.1. The molecule has 0 fully saturated rings. The number of carbonyl (C=O) groups is 4. The van der Waals surface area contributed by atoms with Crippen LogP contribution in [0.4, 0.5) is 10.1 Å². The van der Waals surface area contributed by atoms with Gasteiger partial charge in [-0.15, -0.1) is 0 Å². The summed E-state index contributed by atoms with van der Waals surface area (Å²) >= 11 is 0. The number of anilines is 1. The van der Waals surface area contributed by atoms with Gasteiger partial charge in [0.25, 0.3) is 11.8 Å². The third kappa shape index (κ3) is 6.79. The van der Waals surface area contributed by atoms with Crippen molar-refractivity contribution in [2.45, 2.75) is 40.2 Å². The molecule has 0 saturated heterocycles. The minimum Gasteiger partial charge on any atom is -0.358 e.